The monoisotopic (exact) mass is 418 g/mol. The van der Waals surface area contributed by atoms with Gasteiger partial charge in [-0.2, -0.15) is 0 Å². The highest BCUT2D eigenvalue weighted by atomic mass is 79.9. The average molecular weight is 419 g/mol. The van der Waals surface area contributed by atoms with Crippen molar-refractivity contribution in [2.24, 2.45) is 0 Å². The van der Waals surface area contributed by atoms with Gasteiger partial charge in [0.05, 0.1) is 5.56 Å². The predicted molar refractivity (Wildman–Crippen MR) is 105 cm³/mol. The number of aryl methyl sites for hydroxylation is 1. The first-order chi connectivity index (χ1) is 12.5. The molecule has 138 valence electrons. The largest absolute Gasteiger partial charge is 0.478 e. The molecule has 2 aromatic rings. The van der Waals surface area contributed by atoms with Crippen LogP contribution in [0.3, 0.4) is 0 Å². The van der Waals surface area contributed by atoms with Crippen LogP contribution in [-0.4, -0.2) is 33.1 Å². The maximum absolute atomic E-state index is 12.5. The number of nitrogens with zero attached hydrogens (tertiary/aromatic N) is 2. The maximum Gasteiger partial charge on any atom is 0.335 e. The van der Waals surface area contributed by atoms with Gasteiger partial charge in [-0.05, 0) is 72.4 Å². The summed E-state index contributed by atoms with van der Waals surface area (Å²) in [6, 6.07) is 10.8. The van der Waals surface area contributed by atoms with Crippen molar-refractivity contribution >= 4 is 21.9 Å². The lowest BCUT2D eigenvalue weighted by molar-refractivity contribution is 0.0697. The summed E-state index contributed by atoms with van der Waals surface area (Å²) < 4.78 is 2.79. The zero-order valence-corrected chi connectivity index (χ0v) is 16.4. The fourth-order valence-electron chi connectivity index (χ4n) is 3.47. The quantitative estimate of drug-likeness (QED) is 0.778. The van der Waals surface area contributed by atoms with Crippen molar-refractivity contribution in [3.63, 3.8) is 0 Å². The third-order valence-electron chi connectivity index (χ3n) is 5.11. The Morgan fingerprint density at radius 3 is 2.58 bits per heavy atom. The highest BCUT2D eigenvalue weighted by Crippen LogP contribution is 2.23. The summed E-state index contributed by atoms with van der Waals surface area (Å²) in [6.07, 6.45) is 3.08. The highest BCUT2D eigenvalue weighted by Gasteiger charge is 2.22. The van der Waals surface area contributed by atoms with Gasteiger partial charge < -0.3 is 9.67 Å². The fraction of sp³-hybridized carbons (Fsp3) is 0.400. The van der Waals surface area contributed by atoms with E-state index < -0.39 is 5.97 Å². The Balaban J connectivity index is 1.79. The number of carbonyl (C=O) groups is 1. The molecule has 0 bridgehead atoms. The van der Waals surface area contributed by atoms with Gasteiger partial charge >= 0.3 is 5.97 Å². The number of hydrogen-bond donors (Lipinski definition) is 1. The number of carboxylic acids is 1. The van der Waals surface area contributed by atoms with Crippen molar-refractivity contribution in [2.45, 2.75) is 45.3 Å². The summed E-state index contributed by atoms with van der Waals surface area (Å²) in [5.41, 5.74) is 2.30. The summed E-state index contributed by atoms with van der Waals surface area (Å²) in [6.45, 7) is 4.63. The second kappa shape index (κ2) is 8.18. The Labute approximate surface area is 161 Å². The van der Waals surface area contributed by atoms with Crippen LogP contribution >= 0.6 is 15.9 Å². The SMILES string of the molecule is CC1CCCN1Cc1c(Br)ccc(=O)n1CCc1ccc(C(=O)O)cc1. The van der Waals surface area contributed by atoms with Gasteiger partial charge in [0.2, 0.25) is 0 Å². The molecule has 1 saturated heterocycles. The molecule has 5 nitrogen and oxygen atoms in total. The van der Waals surface area contributed by atoms with Crippen LogP contribution in [0.25, 0.3) is 0 Å². The van der Waals surface area contributed by atoms with Crippen LogP contribution in [0, 0.1) is 0 Å². The Morgan fingerprint density at radius 1 is 1.23 bits per heavy atom. The number of likely N-dealkylation sites (tertiary alicyclic amines) is 1. The van der Waals surface area contributed by atoms with Gasteiger partial charge in [0.25, 0.3) is 5.56 Å². The first-order valence-corrected chi connectivity index (χ1v) is 9.69. The average Bonchev–Trinajstić information content (AvgIpc) is 3.03. The van der Waals surface area contributed by atoms with Gasteiger partial charge in [0.1, 0.15) is 0 Å². The van der Waals surface area contributed by atoms with Crippen LogP contribution in [0.5, 0.6) is 0 Å². The van der Waals surface area contributed by atoms with Gasteiger partial charge in [0.15, 0.2) is 0 Å². The van der Waals surface area contributed by atoms with Crippen LogP contribution < -0.4 is 5.56 Å². The molecule has 1 aliphatic rings. The summed E-state index contributed by atoms with van der Waals surface area (Å²) in [7, 11) is 0. The Bertz CT molecular complexity index is 845. The fourth-order valence-corrected chi connectivity index (χ4v) is 3.95. The van der Waals surface area contributed by atoms with E-state index in [4.69, 9.17) is 5.11 Å². The van der Waals surface area contributed by atoms with Crippen molar-refractivity contribution < 1.29 is 9.90 Å². The normalized spacial score (nSPS) is 17.5. The van der Waals surface area contributed by atoms with Gasteiger partial charge in [-0.15, -0.1) is 0 Å². The number of hydrogen-bond acceptors (Lipinski definition) is 3. The van der Waals surface area contributed by atoms with Crippen molar-refractivity contribution in [3.05, 3.63) is 68.0 Å². The lowest BCUT2D eigenvalue weighted by Gasteiger charge is -2.24. The lowest BCUT2D eigenvalue weighted by atomic mass is 10.1. The number of halogens is 1. The molecule has 2 heterocycles. The molecule has 1 N–H and O–H groups in total. The molecule has 1 atom stereocenters. The van der Waals surface area contributed by atoms with Crippen LogP contribution in [-0.2, 0) is 19.5 Å². The number of rotatable bonds is 6. The minimum Gasteiger partial charge on any atom is -0.478 e. The Morgan fingerprint density at radius 2 is 1.96 bits per heavy atom. The number of benzene rings is 1. The van der Waals surface area contributed by atoms with Crippen molar-refractivity contribution in [2.75, 3.05) is 6.54 Å². The van der Waals surface area contributed by atoms with E-state index in [-0.39, 0.29) is 11.1 Å². The molecule has 0 spiro atoms. The van der Waals surface area contributed by atoms with Crippen LogP contribution in [0.15, 0.2) is 45.7 Å². The molecule has 6 heteroatoms. The zero-order valence-electron chi connectivity index (χ0n) is 14.8. The Kier molecular flexibility index (Phi) is 5.94. The number of aromatic nitrogens is 1. The summed E-state index contributed by atoms with van der Waals surface area (Å²) in [4.78, 5) is 25.8. The van der Waals surface area contributed by atoms with Crippen LogP contribution in [0.2, 0.25) is 0 Å². The number of carboxylic acid groups (broad SMARTS) is 1. The Hall–Kier alpha value is -1.92. The molecule has 0 saturated carbocycles. The number of aromatic carboxylic acids is 1. The standard InChI is InChI=1S/C20H23BrN2O3/c1-14-3-2-11-22(14)13-18-17(21)8-9-19(24)23(18)12-10-15-4-6-16(7-5-15)20(25)26/h4-9,14H,2-3,10-13H2,1H3,(H,25,26). The molecule has 1 aliphatic heterocycles. The molecular weight excluding hydrogens is 396 g/mol. The minimum atomic E-state index is -0.929. The van der Waals surface area contributed by atoms with E-state index in [0.29, 0.717) is 19.0 Å². The van der Waals surface area contributed by atoms with E-state index in [1.165, 1.54) is 12.8 Å². The first kappa shape index (κ1) is 18.9. The van der Waals surface area contributed by atoms with E-state index in [9.17, 15) is 9.59 Å². The molecule has 1 unspecified atom stereocenters. The maximum atomic E-state index is 12.5. The molecule has 1 aromatic carbocycles. The highest BCUT2D eigenvalue weighted by molar-refractivity contribution is 9.10. The van der Waals surface area contributed by atoms with E-state index in [2.05, 4.69) is 27.8 Å². The topological polar surface area (TPSA) is 62.5 Å². The van der Waals surface area contributed by atoms with Gasteiger partial charge in [-0.3, -0.25) is 9.69 Å². The summed E-state index contributed by atoms with van der Waals surface area (Å²) in [5.74, 6) is -0.929. The van der Waals surface area contributed by atoms with Crippen molar-refractivity contribution in [1.29, 1.82) is 0 Å². The lowest BCUT2D eigenvalue weighted by Crippen LogP contribution is -2.32. The molecule has 3 rings (SSSR count). The zero-order chi connectivity index (χ0) is 18.7. The second-order valence-electron chi connectivity index (χ2n) is 6.83. The van der Waals surface area contributed by atoms with Crippen LogP contribution in [0.1, 0.15) is 41.4 Å². The van der Waals surface area contributed by atoms with E-state index >= 15 is 0 Å². The van der Waals surface area contributed by atoms with Crippen molar-refractivity contribution in [1.82, 2.24) is 9.47 Å². The second-order valence-corrected chi connectivity index (χ2v) is 7.69. The molecule has 1 fully saturated rings. The summed E-state index contributed by atoms with van der Waals surface area (Å²) >= 11 is 3.61. The van der Waals surface area contributed by atoms with E-state index in [0.717, 1.165) is 28.8 Å². The van der Waals surface area contributed by atoms with Gasteiger partial charge in [0, 0.05) is 35.4 Å². The van der Waals surface area contributed by atoms with Crippen LogP contribution in [0.4, 0.5) is 0 Å². The first-order valence-electron chi connectivity index (χ1n) is 8.90. The molecule has 1 aromatic heterocycles. The molecule has 26 heavy (non-hydrogen) atoms. The smallest absolute Gasteiger partial charge is 0.335 e. The third kappa shape index (κ3) is 4.24. The molecule has 0 aliphatic carbocycles. The summed E-state index contributed by atoms with van der Waals surface area (Å²) in [5, 5.41) is 8.99. The molecule has 0 radical (unpaired) electrons. The number of pyridine rings is 1. The predicted octanol–water partition coefficient (Wildman–Crippen LogP) is 3.54. The molecular formula is C20H23BrN2O3. The minimum absolute atomic E-state index is 0.00259. The van der Waals surface area contributed by atoms with Gasteiger partial charge in [-0.25, -0.2) is 4.79 Å². The third-order valence-corrected chi connectivity index (χ3v) is 5.83. The van der Waals surface area contributed by atoms with Crippen molar-refractivity contribution in [3.8, 4) is 0 Å². The van der Waals surface area contributed by atoms with E-state index in [1.54, 1.807) is 18.2 Å². The van der Waals surface area contributed by atoms with Gasteiger partial charge in [-0.1, -0.05) is 12.1 Å². The molecule has 0 amide bonds. The van der Waals surface area contributed by atoms with E-state index in [1.807, 2.05) is 22.8 Å².